The second kappa shape index (κ2) is 1.77. The summed E-state index contributed by atoms with van der Waals surface area (Å²) in [6.07, 6.45) is 0. The van der Waals surface area contributed by atoms with Crippen molar-refractivity contribution in [2.75, 3.05) is 17.2 Å². The van der Waals surface area contributed by atoms with Gasteiger partial charge in [0.25, 0.3) is 0 Å². The van der Waals surface area contributed by atoms with E-state index in [9.17, 15) is 0 Å². The van der Waals surface area contributed by atoms with Gasteiger partial charge in [-0.1, -0.05) is 0 Å². The van der Waals surface area contributed by atoms with Crippen molar-refractivity contribution >= 4 is 17.6 Å². The largest absolute Gasteiger partial charge is 0.383 e. The van der Waals surface area contributed by atoms with Crippen molar-refractivity contribution < 1.29 is 0 Å². The summed E-state index contributed by atoms with van der Waals surface area (Å²) in [5.74, 6) is 0.688. The Labute approximate surface area is 51.9 Å². The summed E-state index contributed by atoms with van der Waals surface area (Å²) in [5, 5.41) is 0. The van der Waals surface area contributed by atoms with Gasteiger partial charge in [0.1, 0.15) is 11.6 Å². The maximum Gasteiger partial charge on any atom is 0.223 e. The Morgan fingerprint density at radius 3 is 1.78 bits per heavy atom. The van der Waals surface area contributed by atoms with Gasteiger partial charge in [-0.2, -0.15) is 9.97 Å². The van der Waals surface area contributed by atoms with Crippen molar-refractivity contribution in [3.8, 4) is 0 Å². The van der Waals surface area contributed by atoms with Crippen LogP contribution in [0.5, 0.6) is 0 Å². The number of hydrogen-bond donors (Lipinski definition) is 3. The van der Waals surface area contributed by atoms with Crippen molar-refractivity contribution in [2.24, 2.45) is 0 Å². The maximum absolute atomic E-state index is 5.25. The third-order valence-corrected chi connectivity index (χ3v) is 0.783. The van der Waals surface area contributed by atoms with Crippen LogP contribution in [0.4, 0.5) is 17.6 Å². The summed E-state index contributed by atoms with van der Waals surface area (Å²) < 4.78 is 0. The molecule has 0 aromatic carbocycles. The molecule has 0 radical (unpaired) electrons. The van der Waals surface area contributed by atoms with Crippen LogP contribution in [0, 0.1) is 0 Å². The van der Waals surface area contributed by atoms with Gasteiger partial charge in [-0.3, -0.25) is 0 Å². The average molecular weight is 125 g/mol. The lowest BCUT2D eigenvalue weighted by molar-refractivity contribution is 1.20. The van der Waals surface area contributed by atoms with Crippen molar-refractivity contribution in [3.63, 3.8) is 0 Å². The fraction of sp³-hybridized carbons (Fsp3) is 0. The summed E-state index contributed by atoms with van der Waals surface area (Å²) in [6.45, 7) is 0. The minimum absolute atomic E-state index is 0.104. The third-order valence-electron chi connectivity index (χ3n) is 0.783. The van der Waals surface area contributed by atoms with Crippen LogP contribution in [-0.2, 0) is 0 Å². The lowest BCUT2D eigenvalue weighted by Crippen LogP contribution is -2.01. The van der Waals surface area contributed by atoms with E-state index in [-0.39, 0.29) is 5.95 Å². The highest BCUT2D eigenvalue weighted by Crippen LogP contribution is 2.03. The molecule has 1 aromatic rings. The smallest absolute Gasteiger partial charge is 0.223 e. The topological polar surface area (TPSA) is 104 Å². The number of hydrogen-bond acceptors (Lipinski definition) is 5. The van der Waals surface area contributed by atoms with Gasteiger partial charge < -0.3 is 17.2 Å². The molecule has 9 heavy (non-hydrogen) atoms. The number of nitrogens with two attached hydrogens (primary N) is 3. The van der Waals surface area contributed by atoms with Gasteiger partial charge in [-0.15, -0.1) is 0 Å². The predicted octanol–water partition coefficient (Wildman–Crippen LogP) is -0.777. The standard InChI is InChI=1S/C4H7N5/c5-2-1-3(6)9-4(7)8-2/h1H,(H6,5,6,7,8,9). The molecule has 1 heterocycles. The molecule has 0 amide bonds. The molecule has 1 aromatic heterocycles. The van der Waals surface area contributed by atoms with Gasteiger partial charge in [0, 0.05) is 6.07 Å². The first-order chi connectivity index (χ1) is 4.18. The minimum atomic E-state index is 0.104. The second-order valence-corrected chi connectivity index (χ2v) is 1.58. The van der Waals surface area contributed by atoms with Gasteiger partial charge in [-0.25, -0.2) is 0 Å². The fourth-order valence-corrected chi connectivity index (χ4v) is 0.506. The molecule has 0 aliphatic heterocycles. The summed E-state index contributed by atoms with van der Waals surface area (Å²) in [6, 6.07) is 1.44. The molecule has 48 valence electrons. The highest BCUT2D eigenvalue weighted by Gasteiger charge is 1.92. The summed E-state index contributed by atoms with van der Waals surface area (Å²) in [5.41, 5.74) is 15.7. The van der Waals surface area contributed by atoms with Gasteiger partial charge in [0.15, 0.2) is 0 Å². The minimum Gasteiger partial charge on any atom is -0.383 e. The molecule has 6 N–H and O–H groups in total. The first-order valence-electron chi connectivity index (χ1n) is 2.34. The lowest BCUT2D eigenvalue weighted by atomic mass is 10.5. The van der Waals surface area contributed by atoms with Gasteiger partial charge in [0.2, 0.25) is 5.95 Å². The monoisotopic (exact) mass is 125 g/mol. The molecule has 1 rings (SSSR count). The van der Waals surface area contributed by atoms with E-state index in [1.54, 1.807) is 0 Å². The molecular formula is C4H7N5. The molecular weight excluding hydrogens is 118 g/mol. The number of anilines is 3. The molecule has 5 nitrogen and oxygen atoms in total. The highest BCUT2D eigenvalue weighted by atomic mass is 15.1. The second-order valence-electron chi connectivity index (χ2n) is 1.58. The van der Waals surface area contributed by atoms with Crippen molar-refractivity contribution in [1.29, 1.82) is 0 Å². The molecule has 5 heteroatoms. The van der Waals surface area contributed by atoms with E-state index in [1.807, 2.05) is 0 Å². The normalized spacial score (nSPS) is 9.33. The number of aromatic nitrogens is 2. The lowest BCUT2D eigenvalue weighted by Gasteiger charge is -1.94. The van der Waals surface area contributed by atoms with Crippen molar-refractivity contribution in [2.45, 2.75) is 0 Å². The van der Waals surface area contributed by atoms with Crippen LogP contribution in [0.1, 0.15) is 0 Å². The SMILES string of the molecule is Nc1cc(N)nc(N)n1. The molecule has 0 saturated heterocycles. The van der Waals surface area contributed by atoms with Crippen LogP contribution < -0.4 is 17.2 Å². The Hall–Kier alpha value is -1.52. The Kier molecular flexibility index (Phi) is 1.11. The molecule has 0 aliphatic rings. The van der Waals surface area contributed by atoms with Crippen LogP contribution in [-0.4, -0.2) is 9.97 Å². The fourth-order valence-electron chi connectivity index (χ4n) is 0.506. The molecule has 0 bridgehead atoms. The Bertz CT molecular complexity index is 170. The quantitative estimate of drug-likeness (QED) is 0.422. The molecule has 0 spiro atoms. The molecule has 0 aliphatic carbocycles. The zero-order valence-corrected chi connectivity index (χ0v) is 4.70. The van der Waals surface area contributed by atoms with Crippen molar-refractivity contribution in [3.05, 3.63) is 6.07 Å². The summed E-state index contributed by atoms with van der Waals surface area (Å²) in [4.78, 5) is 7.20. The van der Waals surface area contributed by atoms with Crippen molar-refractivity contribution in [1.82, 2.24) is 9.97 Å². The summed E-state index contributed by atoms with van der Waals surface area (Å²) in [7, 11) is 0. The molecule has 0 atom stereocenters. The molecule has 0 unspecified atom stereocenters. The van der Waals surface area contributed by atoms with Crippen LogP contribution in [0.3, 0.4) is 0 Å². The molecule has 0 fully saturated rings. The number of nitrogen functional groups attached to an aromatic ring is 3. The zero-order valence-electron chi connectivity index (χ0n) is 4.70. The molecule has 0 saturated carbocycles. The zero-order chi connectivity index (χ0) is 6.85. The average Bonchev–Trinajstić information content (AvgIpc) is 1.59. The van der Waals surface area contributed by atoms with E-state index >= 15 is 0 Å². The predicted molar refractivity (Wildman–Crippen MR) is 35.3 cm³/mol. The first kappa shape index (κ1) is 5.61. The van der Waals surface area contributed by atoms with E-state index in [2.05, 4.69) is 9.97 Å². The number of rotatable bonds is 0. The van der Waals surface area contributed by atoms with E-state index in [0.717, 1.165) is 0 Å². The van der Waals surface area contributed by atoms with E-state index < -0.39 is 0 Å². The Morgan fingerprint density at radius 2 is 1.44 bits per heavy atom. The Balaban J connectivity index is 3.17. The highest BCUT2D eigenvalue weighted by molar-refractivity contribution is 5.44. The third kappa shape index (κ3) is 1.18. The van der Waals surface area contributed by atoms with Gasteiger partial charge in [-0.05, 0) is 0 Å². The van der Waals surface area contributed by atoms with Crippen LogP contribution in [0.2, 0.25) is 0 Å². The maximum atomic E-state index is 5.25. The van der Waals surface area contributed by atoms with E-state index in [4.69, 9.17) is 17.2 Å². The van der Waals surface area contributed by atoms with E-state index in [1.165, 1.54) is 6.07 Å². The Morgan fingerprint density at radius 1 is 1.00 bits per heavy atom. The summed E-state index contributed by atoms with van der Waals surface area (Å²) >= 11 is 0. The van der Waals surface area contributed by atoms with Crippen LogP contribution in [0.15, 0.2) is 6.07 Å². The van der Waals surface area contributed by atoms with E-state index in [0.29, 0.717) is 11.6 Å². The van der Waals surface area contributed by atoms with Gasteiger partial charge in [0.05, 0.1) is 0 Å². The van der Waals surface area contributed by atoms with Gasteiger partial charge >= 0.3 is 0 Å². The first-order valence-corrected chi connectivity index (χ1v) is 2.34. The van der Waals surface area contributed by atoms with Crippen LogP contribution >= 0.6 is 0 Å². The van der Waals surface area contributed by atoms with Crippen LogP contribution in [0.25, 0.3) is 0 Å². The number of nitrogens with zero attached hydrogens (tertiary/aromatic N) is 2.